The van der Waals surface area contributed by atoms with Crippen molar-refractivity contribution in [2.24, 2.45) is 11.8 Å². The largest absolute Gasteiger partial charge is 0.480 e. The molecule has 0 aliphatic heterocycles. The Labute approximate surface area is 133 Å². The zero-order valence-corrected chi connectivity index (χ0v) is 13.1. The molecule has 2 rings (SSSR count). The number of carbonyl (C=O) groups is 1. The van der Waals surface area contributed by atoms with Gasteiger partial charge in [0.25, 0.3) is 0 Å². The van der Waals surface area contributed by atoms with Gasteiger partial charge in [0.1, 0.15) is 6.04 Å². The van der Waals surface area contributed by atoms with Crippen LogP contribution in [0.4, 0.5) is 13.2 Å². The van der Waals surface area contributed by atoms with Crippen molar-refractivity contribution in [3.8, 4) is 0 Å². The normalized spacial score (nSPS) is 23.5. The van der Waals surface area contributed by atoms with Crippen molar-refractivity contribution >= 4 is 5.97 Å². The smallest absolute Gasteiger partial charge is 0.416 e. The minimum absolute atomic E-state index is 0.136. The lowest BCUT2D eigenvalue weighted by Gasteiger charge is -2.27. The Morgan fingerprint density at radius 1 is 1.30 bits per heavy atom. The van der Waals surface area contributed by atoms with E-state index in [0.29, 0.717) is 18.4 Å². The van der Waals surface area contributed by atoms with Crippen LogP contribution in [-0.2, 0) is 11.0 Å². The van der Waals surface area contributed by atoms with Gasteiger partial charge in [0.2, 0.25) is 0 Å². The maximum atomic E-state index is 12.8. The standard InChI is InChI=1S/C17H22F3NO2/c1-11-5-7-12(8-6-11)10-21-15(16(22)23)13-3-2-4-14(9-13)17(18,19)20/h2-4,9,11-12,15,21H,5-8,10H2,1H3,(H,22,23). The summed E-state index contributed by atoms with van der Waals surface area (Å²) in [5, 5.41) is 12.3. The van der Waals surface area contributed by atoms with Gasteiger partial charge in [0, 0.05) is 0 Å². The summed E-state index contributed by atoms with van der Waals surface area (Å²) < 4.78 is 38.3. The molecule has 0 heterocycles. The Morgan fingerprint density at radius 3 is 2.52 bits per heavy atom. The van der Waals surface area contributed by atoms with E-state index in [1.807, 2.05) is 0 Å². The van der Waals surface area contributed by atoms with Crippen LogP contribution < -0.4 is 5.32 Å². The highest BCUT2D eigenvalue weighted by atomic mass is 19.4. The number of rotatable bonds is 5. The fraction of sp³-hybridized carbons (Fsp3) is 0.588. The molecule has 1 saturated carbocycles. The average Bonchev–Trinajstić information content (AvgIpc) is 2.48. The van der Waals surface area contributed by atoms with Crippen molar-refractivity contribution in [3.05, 3.63) is 35.4 Å². The first-order valence-electron chi connectivity index (χ1n) is 7.90. The van der Waals surface area contributed by atoms with Crippen molar-refractivity contribution in [3.63, 3.8) is 0 Å². The van der Waals surface area contributed by atoms with E-state index in [4.69, 9.17) is 0 Å². The molecule has 128 valence electrons. The van der Waals surface area contributed by atoms with Gasteiger partial charge in [-0.25, -0.2) is 0 Å². The second kappa shape index (κ2) is 7.34. The lowest BCUT2D eigenvalue weighted by molar-refractivity contribution is -0.141. The molecule has 0 spiro atoms. The lowest BCUT2D eigenvalue weighted by Crippen LogP contribution is -2.33. The van der Waals surface area contributed by atoms with E-state index in [2.05, 4.69) is 12.2 Å². The highest BCUT2D eigenvalue weighted by Crippen LogP contribution is 2.31. The Bertz CT molecular complexity index is 537. The van der Waals surface area contributed by atoms with E-state index in [1.165, 1.54) is 12.1 Å². The molecular weight excluding hydrogens is 307 g/mol. The molecule has 1 atom stereocenters. The fourth-order valence-corrected chi connectivity index (χ4v) is 3.06. The Kier molecular flexibility index (Phi) is 5.68. The molecular formula is C17H22F3NO2. The van der Waals surface area contributed by atoms with Gasteiger partial charge in [0.15, 0.2) is 0 Å². The van der Waals surface area contributed by atoms with Crippen molar-refractivity contribution in [2.45, 2.75) is 44.8 Å². The molecule has 1 aromatic rings. The molecule has 0 radical (unpaired) electrons. The molecule has 23 heavy (non-hydrogen) atoms. The average molecular weight is 329 g/mol. The summed E-state index contributed by atoms with van der Waals surface area (Å²) in [5.41, 5.74) is -0.689. The van der Waals surface area contributed by atoms with Gasteiger partial charge < -0.3 is 10.4 Å². The van der Waals surface area contributed by atoms with Crippen LogP contribution in [0.3, 0.4) is 0 Å². The lowest BCUT2D eigenvalue weighted by atomic mass is 9.83. The quantitative estimate of drug-likeness (QED) is 0.849. The molecule has 0 bridgehead atoms. The zero-order chi connectivity index (χ0) is 17.0. The van der Waals surface area contributed by atoms with Gasteiger partial charge in [-0.1, -0.05) is 31.9 Å². The Hall–Kier alpha value is -1.56. The summed E-state index contributed by atoms with van der Waals surface area (Å²) in [5.74, 6) is -0.0719. The predicted octanol–water partition coefficient (Wildman–Crippen LogP) is 4.25. The third-order valence-corrected chi connectivity index (χ3v) is 4.54. The summed E-state index contributed by atoms with van der Waals surface area (Å²) in [6.45, 7) is 2.71. The summed E-state index contributed by atoms with van der Waals surface area (Å²) in [6, 6.07) is 3.42. The van der Waals surface area contributed by atoms with Crippen LogP contribution in [0.5, 0.6) is 0 Å². The molecule has 2 N–H and O–H groups in total. The molecule has 0 aromatic heterocycles. The minimum Gasteiger partial charge on any atom is -0.480 e. The molecule has 1 aliphatic rings. The topological polar surface area (TPSA) is 49.3 Å². The first kappa shape index (κ1) is 17.8. The van der Waals surface area contributed by atoms with Crippen LogP contribution in [-0.4, -0.2) is 17.6 Å². The second-order valence-electron chi connectivity index (χ2n) is 6.43. The van der Waals surface area contributed by atoms with Gasteiger partial charge in [-0.3, -0.25) is 4.79 Å². The van der Waals surface area contributed by atoms with Crippen LogP contribution in [0.25, 0.3) is 0 Å². The van der Waals surface area contributed by atoms with Crippen LogP contribution in [0.2, 0.25) is 0 Å². The van der Waals surface area contributed by atoms with E-state index in [9.17, 15) is 23.1 Å². The maximum Gasteiger partial charge on any atom is 0.416 e. The SMILES string of the molecule is CC1CCC(CNC(C(=O)O)c2cccc(C(F)(F)F)c2)CC1. The number of carboxylic acid groups (broad SMARTS) is 1. The summed E-state index contributed by atoms with van der Waals surface area (Å²) in [6.07, 6.45) is -0.175. The van der Waals surface area contributed by atoms with Gasteiger partial charge >= 0.3 is 12.1 Å². The minimum atomic E-state index is -4.47. The first-order valence-corrected chi connectivity index (χ1v) is 7.90. The summed E-state index contributed by atoms with van der Waals surface area (Å²) in [7, 11) is 0. The maximum absolute atomic E-state index is 12.8. The number of alkyl halides is 3. The number of hydrogen-bond donors (Lipinski definition) is 2. The van der Waals surface area contributed by atoms with Gasteiger partial charge in [0.05, 0.1) is 5.56 Å². The number of hydrogen-bond acceptors (Lipinski definition) is 2. The van der Waals surface area contributed by atoms with Crippen LogP contribution in [0, 0.1) is 11.8 Å². The highest BCUT2D eigenvalue weighted by molar-refractivity contribution is 5.75. The molecule has 0 saturated heterocycles. The van der Waals surface area contributed by atoms with E-state index in [1.54, 1.807) is 0 Å². The number of benzene rings is 1. The molecule has 1 aromatic carbocycles. The van der Waals surface area contributed by atoms with Crippen LogP contribution in [0.1, 0.15) is 49.8 Å². The molecule has 0 amide bonds. The number of nitrogens with one attached hydrogen (secondary N) is 1. The highest BCUT2D eigenvalue weighted by Gasteiger charge is 2.32. The fourth-order valence-electron chi connectivity index (χ4n) is 3.06. The van der Waals surface area contributed by atoms with Gasteiger partial charge in [-0.2, -0.15) is 13.2 Å². The third kappa shape index (κ3) is 4.96. The number of aliphatic carboxylic acids is 1. The van der Waals surface area contributed by atoms with E-state index in [0.717, 1.165) is 37.8 Å². The van der Waals surface area contributed by atoms with E-state index >= 15 is 0 Å². The van der Waals surface area contributed by atoms with E-state index < -0.39 is 23.8 Å². The molecule has 3 nitrogen and oxygen atoms in total. The van der Waals surface area contributed by atoms with Gasteiger partial charge in [-0.05, 0) is 48.9 Å². The zero-order valence-electron chi connectivity index (χ0n) is 13.1. The molecule has 1 fully saturated rings. The molecule has 1 unspecified atom stereocenters. The third-order valence-electron chi connectivity index (χ3n) is 4.54. The number of halogens is 3. The van der Waals surface area contributed by atoms with Crippen molar-refractivity contribution in [1.29, 1.82) is 0 Å². The Balaban J connectivity index is 2.05. The number of carboxylic acids is 1. The van der Waals surface area contributed by atoms with Crippen LogP contribution in [0.15, 0.2) is 24.3 Å². The van der Waals surface area contributed by atoms with Crippen molar-refractivity contribution < 1.29 is 23.1 Å². The monoisotopic (exact) mass is 329 g/mol. The van der Waals surface area contributed by atoms with E-state index in [-0.39, 0.29) is 5.56 Å². The Morgan fingerprint density at radius 2 is 1.96 bits per heavy atom. The van der Waals surface area contributed by atoms with Gasteiger partial charge in [-0.15, -0.1) is 0 Å². The van der Waals surface area contributed by atoms with Crippen molar-refractivity contribution in [2.75, 3.05) is 6.54 Å². The molecule has 6 heteroatoms. The predicted molar refractivity (Wildman–Crippen MR) is 80.9 cm³/mol. The first-order chi connectivity index (χ1) is 10.8. The summed E-state index contributed by atoms with van der Waals surface area (Å²) in [4.78, 5) is 11.4. The summed E-state index contributed by atoms with van der Waals surface area (Å²) >= 11 is 0. The van der Waals surface area contributed by atoms with Crippen LogP contribution >= 0.6 is 0 Å². The second-order valence-corrected chi connectivity index (χ2v) is 6.43. The van der Waals surface area contributed by atoms with Crippen molar-refractivity contribution in [1.82, 2.24) is 5.32 Å². The molecule has 1 aliphatic carbocycles.